The van der Waals surface area contributed by atoms with Crippen LogP contribution in [0, 0.1) is 5.92 Å². The molecule has 19 heavy (non-hydrogen) atoms. The first-order valence-electron chi connectivity index (χ1n) is 7.89. The van der Waals surface area contributed by atoms with Crippen LogP contribution >= 0.6 is 0 Å². The van der Waals surface area contributed by atoms with Gasteiger partial charge in [0.05, 0.1) is 5.60 Å². The highest BCUT2D eigenvalue weighted by molar-refractivity contribution is 5.31. The predicted molar refractivity (Wildman–Crippen MR) is 77.1 cm³/mol. The minimum absolute atomic E-state index is 0.284. The van der Waals surface area contributed by atoms with Crippen LogP contribution in [0.5, 0.6) is 0 Å². The van der Waals surface area contributed by atoms with Gasteiger partial charge in [-0.1, -0.05) is 25.8 Å². The largest absolute Gasteiger partial charge is 0.389 e. The average Bonchev–Trinajstić information content (AvgIpc) is 2.86. The van der Waals surface area contributed by atoms with Gasteiger partial charge in [-0.15, -0.1) is 0 Å². The maximum atomic E-state index is 11.1. The Labute approximate surface area is 116 Å². The number of hydrogen-bond donors (Lipinski definition) is 1. The minimum atomic E-state index is -0.482. The highest BCUT2D eigenvalue weighted by Crippen LogP contribution is 2.47. The maximum Gasteiger partial charge on any atom is 0.0731 e. The Hall–Kier alpha value is -0.890. The van der Waals surface area contributed by atoms with Gasteiger partial charge in [-0.25, -0.2) is 0 Å². The number of fused-ring (bicyclic) bond motifs is 1. The molecule has 0 bridgehead atoms. The van der Waals surface area contributed by atoms with E-state index >= 15 is 0 Å². The molecular weight excluding hydrogens is 234 g/mol. The molecule has 2 nitrogen and oxygen atoms in total. The number of aromatic nitrogens is 1. The summed E-state index contributed by atoms with van der Waals surface area (Å²) >= 11 is 0. The molecule has 3 rings (SSSR count). The monoisotopic (exact) mass is 259 g/mol. The van der Waals surface area contributed by atoms with Gasteiger partial charge >= 0.3 is 0 Å². The molecule has 2 heteroatoms. The Morgan fingerprint density at radius 3 is 2.84 bits per heavy atom. The van der Waals surface area contributed by atoms with Gasteiger partial charge in [-0.05, 0) is 56.1 Å². The van der Waals surface area contributed by atoms with E-state index in [2.05, 4.69) is 18.0 Å². The van der Waals surface area contributed by atoms with E-state index in [1.165, 1.54) is 36.9 Å². The Kier molecular flexibility index (Phi) is 3.62. The number of aliphatic hydroxyl groups is 1. The molecule has 0 aromatic carbocycles. The van der Waals surface area contributed by atoms with Crippen LogP contribution in [0.1, 0.15) is 69.0 Å². The van der Waals surface area contributed by atoms with Gasteiger partial charge in [0.2, 0.25) is 0 Å². The van der Waals surface area contributed by atoms with Gasteiger partial charge in [0.15, 0.2) is 0 Å². The summed E-state index contributed by atoms with van der Waals surface area (Å²) in [5, 5.41) is 11.1. The fraction of sp³-hybridized carbons (Fsp3) is 0.706. The van der Waals surface area contributed by atoms with Crippen LogP contribution in [0.25, 0.3) is 0 Å². The summed E-state index contributed by atoms with van der Waals surface area (Å²) in [5.74, 6) is 1.13. The summed E-state index contributed by atoms with van der Waals surface area (Å²) < 4.78 is 0. The Morgan fingerprint density at radius 2 is 2.11 bits per heavy atom. The number of hydrogen-bond acceptors (Lipinski definition) is 2. The summed E-state index contributed by atoms with van der Waals surface area (Å²) in [6, 6.07) is 4.19. The molecule has 1 N–H and O–H groups in total. The van der Waals surface area contributed by atoms with Gasteiger partial charge < -0.3 is 5.11 Å². The van der Waals surface area contributed by atoms with Crippen molar-refractivity contribution in [2.45, 2.75) is 69.8 Å². The van der Waals surface area contributed by atoms with Crippen LogP contribution in [0.4, 0.5) is 0 Å². The van der Waals surface area contributed by atoms with Crippen molar-refractivity contribution in [1.29, 1.82) is 0 Å². The van der Waals surface area contributed by atoms with E-state index in [1.54, 1.807) is 0 Å². The topological polar surface area (TPSA) is 33.1 Å². The molecule has 1 aromatic rings. The fourth-order valence-electron chi connectivity index (χ4n) is 4.16. The van der Waals surface area contributed by atoms with E-state index < -0.39 is 5.60 Å². The Morgan fingerprint density at radius 1 is 1.32 bits per heavy atom. The fourth-order valence-corrected chi connectivity index (χ4v) is 4.16. The van der Waals surface area contributed by atoms with E-state index in [4.69, 9.17) is 0 Å². The lowest BCUT2D eigenvalue weighted by molar-refractivity contribution is -0.0348. The normalized spacial score (nSPS) is 34.2. The molecule has 2 aliphatic rings. The zero-order chi connectivity index (χ0) is 13.3. The lowest BCUT2D eigenvalue weighted by Crippen LogP contribution is -2.39. The average molecular weight is 259 g/mol. The number of nitrogens with zero attached hydrogens (tertiary/aromatic N) is 1. The molecule has 0 spiro atoms. The molecule has 0 radical (unpaired) electrons. The van der Waals surface area contributed by atoms with E-state index in [0.717, 1.165) is 31.6 Å². The van der Waals surface area contributed by atoms with Crippen molar-refractivity contribution in [3.8, 4) is 0 Å². The van der Waals surface area contributed by atoms with Gasteiger partial charge in [-0.2, -0.15) is 0 Å². The summed E-state index contributed by atoms with van der Waals surface area (Å²) in [6.07, 6.45) is 11.0. The zero-order valence-corrected chi connectivity index (χ0v) is 11.9. The summed E-state index contributed by atoms with van der Waals surface area (Å²) in [4.78, 5) is 4.56. The zero-order valence-electron chi connectivity index (χ0n) is 11.9. The van der Waals surface area contributed by atoms with Gasteiger partial charge in [0.25, 0.3) is 0 Å². The van der Waals surface area contributed by atoms with Crippen LogP contribution in [-0.2, 0) is 6.42 Å². The summed E-state index contributed by atoms with van der Waals surface area (Å²) in [6.45, 7) is 2.26. The highest BCUT2D eigenvalue weighted by Gasteiger charge is 2.43. The number of rotatable bonds is 3. The van der Waals surface area contributed by atoms with Crippen molar-refractivity contribution in [3.05, 3.63) is 29.6 Å². The molecule has 1 aromatic heterocycles. The number of aryl methyl sites for hydroxylation is 1. The summed E-state index contributed by atoms with van der Waals surface area (Å²) in [7, 11) is 0. The van der Waals surface area contributed by atoms with E-state index in [0.29, 0.717) is 0 Å². The van der Waals surface area contributed by atoms with Gasteiger partial charge in [0.1, 0.15) is 0 Å². The SMILES string of the molecule is CCCC1CCC(O)(C2CCc3cccnc32)CC1. The molecule has 0 amide bonds. The smallest absolute Gasteiger partial charge is 0.0731 e. The summed E-state index contributed by atoms with van der Waals surface area (Å²) in [5.41, 5.74) is 2.06. The third-order valence-corrected chi connectivity index (χ3v) is 5.28. The molecule has 104 valence electrons. The molecule has 1 saturated carbocycles. The van der Waals surface area contributed by atoms with Crippen LogP contribution < -0.4 is 0 Å². The van der Waals surface area contributed by atoms with Gasteiger partial charge in [0, 0.05) is 17.8 Å². The van der Waals surface area contributed by atoms with Crippen molar-refractivity contribution in [1.82, 2.24) is 4.98 Å². The van der Waals surface area contributed by atoms with E-state index in [-0.39, 0.29) is 5.92 Å². The third-order valence-electron chi connectivity index (χ3n) is 5.28. The first-order valence-corrected chi connectivity index (χ1v) is 7.89. The standard InChI is InChI=1S/C17H25NO/c1-2-4-13-8-10-17(19,11-9-13)15-7-6-14-5-3-12-18-16(14)15/h3,5,12-13,15,19H,2,4,6-11H2,1H3. The quantitative estimate of drug-likeness (QED) is 0.895. The van der Waals surface area contributed by atoms with E-state index in [9.17, 15) is 5.11 Å². The number of pyridine rings is 1. The first-order chi connectivity index (χ1) is 9.23. The lowest BCUT2D eigenvalue weighted by atomic mass is 9.70. The van der Waals surface area contributed by atoms with Crippen LogP contribution in [0.3, 0.4) is 0 Å². The van der Waals surface area contributed by atoms with Crippen molar-refractivity contribution in [2.24, 2.45) is 5.92 Å². The van der Waals surface area contributed by atoms with Crippen molar-refractivity contribution in [2.75, 3.05) is 0 Å². The molecule has 2 aliphatic carbocycles. The van der Waals surface area contributed by atoms with Crippen LogP contribution in [0.2, 0.25) is 0 Å². The van der Waals surface area contributed by atoms with E-state index in [1.807, 2.05) is 12.3 Å². The maximum absolute atomic E-state index is 11.1. The van der Waals surface area contributed by atoms with Gasteiger partial charge in [-0.3, -0.25) is 4.98 Å². The minimum Gasteiger partial charge on any atom is -0.389 e. The molecule has 1 unspecified atom stereocenters. The van der Waals surface area contributed by atoms with Crippen LogP contribution in [-0.4, -0.2) is 15.7 Å². The second-order valence-electron chi connectivity index (χ2n) is 6.47. The Balaban J connectivity index is 1.73. The van der Waals surface area contributed by atoms with Crippen molar-refractivity contribution < 1.29 is 5.11 Å². The Bertz CT molecular complexity index is 435. The molecular formula is C17H25NO. The van der Waals surface area contributed by atoms with Crippen molar-refractivity contribution in [3.63, 3.8) is 0 Å². The molecule has 1 atom stereocenters. The lowest BCUT2D eigenvalue weighted by Gasteiger charge is -2.40. The molecule has 1 heterocycles. The van der Waals surface area contributed by atoms with Crippen LogP contribution in [0.15, 0.2) is 18.3 Å². The molecule has 0 saturated heterocycles. The second kappa shape index (κ2) is 5.24. The third kappa shape index (κ3) is 2.43. The first kappa shape index (κ1) is 13.1. The molecule has 0 aliphatic heterocycles. The highest BCUT2D eigenvalue weighted by atomic mass is 16.3. The predicted octanol–water partition coefficient (Wildman–Crippen LogP) is 3.83. The van der Waals surface area contributed by atoms with Crippen molar-refractivity contribution >= 4 is 0 Å². The molecule has 1 fully saturated rings. The second-order valence-corrected chi connectivity index (χ2v) is 6.47.